The number of urea groups is 1. The van der Waals surface area contributed by atoms with Crippen molar-refractivity contribution in [1.82, 2.24) is 15.8 Å². The van der Waals surface area contributed by atoms with Gasteiger partial charge in [-0.3, -0.25) is 0 Å². The molecule has 5 heteroatoms. The molecule has 124 valence electrons. The number of hydrogen-bond acceptors (Lipinski definition) is 3. The summed E-state index contributed by atoms with van der Waals surface area (Å²) in [6.07, 6.45) is 0.719. The predicted octanol–water partition coefficient (Wildman–Crippen LogP) is 3.33. The highest BCUT2D eigenvalue weighted by Crippen LogP contribution is 2.18. The van der Waals surface area contributed by atoms with Gasteiger partial charge in [-0.1, -0.05) is 42.4 Å². The number of carbonyl (C=O) groups excluding carboxylic acids is 1. The van der Waals surface area contributed by atoms with E-state index in [0.29, 0.717) is 6.54 Å². The molecule has 0 aliphatic heterocycles. The number of aryl methyl sites for hydroxylation is 2. The molecule has 0 fully saturated rings. The van der Waals surface area contributed by atoms with Gasteiger partial charge in [0.15, 0.2) is 0 Å². The van der Waals surface area contributed by atoms with Crippen molar-refractivity contribution >= 4 is 6.03 Å². The maximum absolute atomic E-state index is 12.0. The van der Waals surface area contributed by atoms with Crippen LogP contribution in [-0.2, 0) is 6.42 Å². The van der Waals surface area contributed by atoms with Crippen LogP contribution in [0.25, 0.3) is 0 Å². The Morgan fingerprint density at radius 3 is 2.52 bits per heavy atom. The third kappa shape index (κ3) is 4.58. The van der Waals surface area contributed by atoms with Gasteiger partial charge in [0, 0.05) is 24.1 Å². The van der Waals surface area contributed by atoms with Crippen LogP contribution in [0.5, 0.6) is 0 Å². The number of carbonyl (C=O) groups is 1. The zero-order valence-corrected chi connectivity index (χ0v) is 14.2. The van der Waals surface area contributed by atoms with E-state index in [0.717, 1.165) is 23.4 Å². The first-order chi connectivity index (χ1) is 11.0. The van der Waals surface area contributed by atoms with Gasteiger partial charge in [0.05, 0.1) is 5.69 Å². The van der Waals surface area contributed by atoms with Crippen molar-refractivity contribution in [3.63, 3.8) is 0 Å². The quantitative estimate of drug-likeness (QED) is 0.859. The largest absolute Gasteiger partial charge is 0.361 e. The minimum atomic E-state index is -0.146. The molecule has 2 unspecified atom stereocenters. The summed E-state index contributed by atoms with van der Waals surface area (Å²) < 4.78 is 5.12. The third-order valence-electron chi connectivity index (χ3n) is 4.28. The van der Waals surface area contributed by atoms with E-state index in [-0.39, 0.29) is 18.0 Å². The third-order valence-corrected chi connectivity index (χ3v) is 4.28. The van der Waals surface area contributed by atoms with Gasteiger partial charge in [-0.15, -0.1) is 0 Å². The Balaban J connectivity index is 1.78. The van der Waals surface area contributed by atoms with E-state index in [1.807, 2.05) is 39.0 Å². The lowest BCUT2D eigenvalue weighted by atomic mass is 9.95. The molecule has 2 amide bonds. The number of rotatable bonds is 6. The number of aromatic nitrogens is 1. The highest BCUT2D eigenvalue weighted by Gasteiger charge is 2.16. The second-order valence-electron chi connectivity index (χ2n) is 5.94. The first-order valence-corrected chi connectivity index (χ1v) is 8.00. The normalized spacial score (nSPS) is 13.4. The summed E-state index contributed by atoms with van der Waals surface area (Å²) in [6.45, 7) is 8.49. The first kappa shape index (κ1) is 17.1. The summed E-state index contributed by atoms with van der Waals surface area (Å²) in [4.78, 5) is 12.0. The summed E-state index contributed by atoms with van der Waals surface area (Å²) in [5.74, 6) is 1.07. The molecule has 0 aliphatic carbocycles. The summed E-state index contributed by atoms with van der Waals surface area (Å²) in [6, 6.07) is 10.1. The fourth-order valence-corrected chi connectivity index (χ4v) is 2.59. The van der Waals surface area contributed by atoms with E-state index in [1.54, 1.807) is 0 Å². The van der Waals surface area contributed by atoms with Crippen molar-refractivity contribution in [1.29, 1.82) is 0 Å². The summed E-state index contributed by atoms with van der Waals surface area (Å²) in [7, 11) is 0. The van der Waals surface area contributed by atoms with Gasteiger partial charge >= 0.3 is 6.03 Å². The van der Waals surface area contributed by atoms with Crippen molar-refractivity contribution in [3.8, 4) is 0 Å². The molecule has 0 saturated carbocycles. The van der Waals surface area contributed by atoms with Crippen LogP contribution >= 0.6 is 0 Å². The zero-order chi connectivity index (χ0) is 16.8. The molecule has 5 nitrogen and oxygen atoms in total. The van der Waals surface area contributed by atoms with Crippen molar-refractivity contribution < 1.29 is 9.32 Å². The van der Waals surface area contributed by atoms with E-state index in [1.165, 1.54) is 5.56 Å². The van der Waals surface area contributed by atoms with Crippen LogP contribution in [0.3, 0.4) is 0 Å². The molecule has 23 heavy (non-hydrogen) atoms. The van der Waals surface area contributed by atoms with E-state index in [4.69, 9.17) is 4.52 Å². The Kier molecular flexibility index (Phi) is 5.79. The van der Waals surface area contributed by atoms with Crippen LogP contribution in [0.4, 0.5) is 4.79 Å². The van der Waals surface area contributed by atoms with Crippen LogP contribution in [0.1, 0.15) is 42.3 Å². The molecule has 0 aliphatic rings. The number of benzene rings is 1. The number of hydrogen-bond donors (Lipinski definition) is 2. The predicted molar refractivity (Wildman–Crippen MR) is 90.5 cm³/mol. The van der Waals surface area contributed by atoms with Gasteiger partial charge in [0.1, 0.15) is 5.76 Å². The lowest BCUT2D eigenvalue weighted by Crippen LogP contribution is -2.43. The number of amides is 2. The Hall–Kier alpha value is -2.30. The minimum absolute atomic E-state index is 0.0523. The SMILES string of the molecule is Cc1noc(C)c1CCNC(=O)NC(C)C(C)c1ccccc1. The van der Waals surface area contributed by atoms with Crippen LogP contribution in [-0.4, -0.2) is 23.8 Å². The van der Waals surface area contributed by atoms with Gasteiger partial charge in [0.25, 0.3) is 0 Å². The smallest absolute Gasteiger partial charge is 0.315 e. The van der Waals surface area contributed by atoms with Crippen molar-refractivity contribution in [2.45, 2.75) is 46.1 Å². The molecule has 0 bridgehead atoms. The zero-order valence-electron chi connectivity index (χ0n) is 14.2. The van der Waals surface area contributed by atoms with Crippen molar-refractivity contribution in [3.05, 3.63) is 52.9 Å². The van der Waals surface area contributed by atoms with Gasteiger partial charge in [-0.2, -0.15) is 0 Å². The highest BCUT2D eigenvalue weighted by molar-refractivity contribution is 5.74. The van der Waals surface area contributed by atoms with Crippen LogP contribution < -0.4 is 10.6 Å². The van der Waals surface area contributed by atoms with Crippen molar-refractivity contribution in [2.24, 2.45) is 0 Å². The van der Waals surface area contributed by atoms with E-state index >= 15 is 0 Å². The molecule has 2 N–H and O–H groups in total. The fraction of sp³-hybridized carbons (Fsp3) is 0.444. The molecule has 0 saturated heterocycles. The maximum Gasteiger partial charge on any atom is 0.315 e. The molecule has 1 heterocycles. The number of nitrogens with one attached hydrogen (secondary N) is 2. The standard InChI is InChI=1S/C18H25N3O2/c1-12(16-8-6-5-7-9-16)13(2)20-18(22)19-11-10-17-14(3)21-23-15(17)4/h5-9,12-13H,10-11H2,1-4H3,(H2,19,20,22). The molecule has 0 radical (unpaired) electrons. The van der Waals surface area contributed by atoms with E-state index in [2.05, 4.69) is 34.8 Å². The average Bonchev–Trinajstić information content (AvgIpc) is 2.86. The lowest BCUT2D eigenvalue weighted by Gasteiger charge is -2.22. The van der Waals surface area contributed by atoms with Gasteiger partial charge in [-0.05, 0) is 32.8 Å². The number of nitrogens with zero attached hydrogens (tertiary/aromatic N) is 1. The molecule has 2 rings (SSSR count). The fourth-order valence-electron chi connectivity index (χ4n) is 2.59. The molecule has 2 atom stereocenters. The van der Waals surface area contributed by atoms with Gasteiger partial charge in [0.2, 0.25) is 0 Å². The molecular weight excluding hydrogens is 290 g/mol. The Bertz CT molecular complexity index is 617. The second-order valence-corrected chi connectivity index (χ2v) is 5.94. The van der Waals surface area contributed by atoms with Crippen LogP contribution in [0.2, 0.25) is 0 Å². The van der Waals surface area contributed by atoms with Crippen molar-refractivity contribution in [2.75, 3.05) is 6.54 Å². The Morgan fingerprint density at radius 1 is 1.22 bits per heavy atom. The molecule has 1 aromatic carbocycles. The highest BCUT2D eigenvalue weighted by atomic mass is 16.5. The van der Waals surface area contributed by atoms with E-state index < -0.39 is 0 Å². The molecule has 0 spiro atoms. The Morgan fingerprint density at radius 2 is 1.91 bits per heavy atom. The maximum atomic E-state index is 12.0. The molecule has 1 aromatic heterocycles. The minimum Gasteiger partial charge on any atom is -0.361 e. The summed E-state index contributed by atoms with van der Waals surface area (Å²) >= 11 is 0. The molecular formula is C18H25N3O2. The summed E-state index contributed by atoms with van der Waals surface area (Å²) in [5.41, 5.74) is 3.17. The summed E-state index contributed by atoms with van der Waals surface area (Å²) in [5, 5.41) is 9.81. The van der Waals surface area contributed by atoms with E-state index in [9.17, 15) is 4.79 Å². The first-order valence-electron chi connectivity index (χ1n) is 8.00. The average molecular weight is 315 g/mol. The monoisotopic (exact) mass is 315 g/mol. The topological polar surface area (TPSA) is 67.2 Å². The lowest BCUT2D eigenvalue weighted by molar-refractivity contribution is 0.236. The Labute approximate surface area is 137 Å². The van der Waals surface area contributed by atoms with Gasteiger partial charge < -0.3 is 15.2 Å². The second kappa shape index (κ2) is 7.81. The molecule has 2 aromatic rings. The van der Waals surface area contributed by atoms with Crippen LogP contribution in [0, 0.1) is 13.8 Å². The van der Waals surface area contributed by atoms with Gasteiger partial charge in [-0.25, -0.2) is 4.79 Å². The van der Waals surface area contributed by atoms with Crippen LogP contribution in [0.15, 0.2) is 34.9 Å².